The van der Waals surface area contributed by atoms with Gasteiger partial charge in [0.25, 0.3) is 0 Å². The third-order valence-corrected chi connectivity index (χ3v) is 3.13. The van der Waals surface area contributed by atoms with E-state index in [2.05, 4.69) is 25.2 Å². The quantitative estimate of drug-likeness (QED) is 0.858. The van der Waals surface area contributed by atoms with E-state index in [4.69, 9.17) is 4.74 Å². The van der Waals surface area contributed by atoms with Crippen molar-refractivity contribution in [3.63, 3.8) is 0 Å². The largest absolute Gasteiger partial charge is 0.454 e. The number of nitrogens with one attached hydrogen (secondary N) is 1. The number of hydrogen-bond acceptors (Lipinski definition) is 2. The molecule has 2 rings (SSSR count). The molecule has 0 saturated carbocycles. The van der Waals surface area contributed by atoms with Crippen molar-refractivity contribution >= 4 is 0 Å². The Bertz CT molecular complexity index is 602. The Morgan fingerprint density at radius 1 is 1.05 bits per heavy atom. The van der Waals surface area contributed by atoms with Crippen LogP contribution in [-0.2, 0) is 6.54 Å². The molecular weight excluding hydrogens is 265 g/mol. The van der Waals surface area contributed by atoms with Crippen LogP contribution >= 0.6 is 0 Å². The van der Waals surface area contributed by atoms with E-state index >= 15 is 0 Å². The molecule has 0 aromatic heterocycles. The highest BCUT2D eigenvalue weighted by atomic mass is 19.1. The number of hydrogen-bond donors (Lipinski definition) is 1. The van der Waals surface area contributed by atoms with Crippen LogP contribution in [0.4, 0.5) is 4.39 Å². The Balaban J connectivity index is 2.13. The molecule has 0 amide bonds. The second kappa shape index (κ2) is 6.72. The van der Waals surface area contributed by atoms with E-state index < -0.39 is 0 Å². The topological polar surface area (TPSA) is 21.3 Å². The maximum Gasteiger partial charge on any atom is 0.166 e. The summed E-state index contributed by atoms with van der Waals surface area (Å²) in [7, 11) is 0. The van der Waals surface area contributed by atoms with Crippen molar-refractivity contribution in [1.29, 1.82) is 0 Å². The van der Waals surface area contributed by atoms with Gasteiger partial charge in [-0.25, -0.2) is 4.39 Å². The molecular formula is C18H22FNO. The number of rotatable bonds is 5. The first-order valence-corrected chi connectivity index (χ1v) is 7.22. The zero-order valence-corrected chi connectivity index (χ0v) is 13.0. The Morgan fingerprint density at radius 3 is 2.29 bits per heavy atom. The third kappa shape index (κ3) is 4.57. The molecule has 0 aliphatic carbocycles. The van der Waals surface area contributed by atoms with Gasteiger partial charge in [-0.05, 0) is 54.8 Å². The van der Waals surface area contributed by atoms with Crippen LogP contribution in [0, 0.1) is 19.7 Å². The third-order valence-electron chi connectivity index (χ3n) is 3.13. The fraction of sp³-hybridized carbons (Fsp3) is 0.333. The van der Waals surface area contributed by atoms with E-state index in [-0.39, 0.29) is 11.6 Å². The molecule has 2 nitrogen and oxygen atoms in total. The number of aryl methyl sites for hydroxylation is 2. The summed E-state index contributed by atoms with van der Waals surface area (Å²) in [5.41, 5.74) is 3.11. The molecule has 0 bridgehead atoms. The lowest BCUT2D eigenvalue weighted by Gasteiger charge is -2.11. The average molecular weight is 287 g/mol. The summed E-state index contributed by atoms with van der Waals surface area (Å²) in [6.07, 6.45) is 0. The van der Waals surface area contributed by atoms with Gasteiger partial charge in [-0.2, -0.15) is 0 Å². The number of ether oxygens (including phenoxy) is 1. The molecule has 0 spiro atoms. The lowest BCUT2D eigenvalue weighted by Crippen LogP contribution is -2.21. The van der Waals surface area contributed by atoms with Gasteiger partial charge in [0.05, 0.1) is 0 Å². The number of benzene rings is 2. The molecule has 0 aliphatic heterocycles. The Labute approximate surface area is 126 Å². The summed E-state index contributed by atoms with van der Waals surface area (Å²) in [5.74, 6) is 0.588. The van der Waals surface area contributed by atoms with Crippen molar-refractivity contribution in [2.75, 3.05) is 0 Å². The summed E-state index contributed by atoms with van der Waals surface area (Å²) in [4.78, 5) is 0. The number of halogens is 1. The van der Waals surface area contributed by atoms with Crippen molar-refractivity contribution in [3.8, 4) is 11.5 Å². The first-order valence-electron chi connectivity index (χ1n) is 7.22. The lowest BCUT2D eigenvalue weighted by molar-refractivity contribution is 0.440. The van der Waals surface area contributed by atoms with Gasteiger partial charge in [-0.15, -0.1) is 0 Å². The Hall–Kier alpha value is -1.87. The monoisotopic (exact) mass is 287 g/mol. The van der Waals surface area contributed by atoms with Gasteiger partial charge in [-0.1, -0.05) is 26.0 Å². The first kappa shape index (κ1) is 15.5. The van der Waals surface area contributed by atoms with E-state index in [1.165, 1.54) is 6.07 Å². The Kier molecular flexibility index (Phi) is 4.97. The molecule has 1 N–H and O–H groups in total. The van der Waals surface area contributed by atoms with E-state index in [9.17, 15) is 4.39 Å². The molecule has 112 valence electrons. The molecule has 0 atom stereocenters. The van der Waals surface area contributed by atoms with Crippen LogP contribution in [0.15, 0.2) is 36.4 Å². The summed E-state index contributed by atoms with van der Waals surface area (Å²) >= 11 is 0. The van der Waals surface area contributed by atoms with Crippen LogP contribution in [0.1, 0.15) is 30.5 Å². The summed E-state index contributed by atoms with van der Waals surface area (Å²) in [6, 6.07) is 11.3. The minimum Gasteiger partial charge on any atom is -0.454 e. The van der Waals surface area contributed by atoms with E-state index in [1.807, 2.05) is 32.0 Å². The fourth-order valence-electron chi connectivity index (χ4n) is 2.18. The standard InChI is InChI=1S/C18H22FNO/c1-12(2)20-11-15-5-6-18(17(19)10-15)21-16-8-13(3)7-14(4)9-16/h5-10,12,20H,11H2,1-4H3. The van der Waals surface area contributed by atoms with Gasteiger partial charge in [0.2, 0.25) is 0 Å². The molecule has 2 aromatic carbocycles. The Morgan fingerprint density at radius 2 is 1.71 bits per heavy atom. The van der Waals surface area contributed by atoms with Crippen LogP contribution in [0.25, 0.3) is 0 Å². The zero-order valence-electron chi connectivity index (χ0n) is 13.0. The fourth-order valence-corrected chi connectivity index (χ4v) is 2.18. The van der Waals surface area contributed by atoms with Gasteiger partial charge in [-0.3, -0.25) is 0 Å². The van der Waals surface area contributed by atoms with Crippen molar-refractivity contribution in [3.05, 3.63) is 58.9 Å². The summed E-state index contributed by atoms with van der Waals surface area (Å²) < 4.78 is 19.8. The zero-order chi connectivity index (χ0) is 15.4. The van der Waals surface area contributed by atoms with Crippen molar-refractivity contribution in [2.45, 2.75) is 40.3 Å². The molecule has 3 heteroatoms. The smallest absolute Gasteiger partial charge is 0.166 e. The van der Waals surface area contributed by atoms with Gasteiger partial charge in [0.15, 0.2) is 11.6 Å². The molecule has 21 heavy (non-hydrogen) atoms. The second-order valence-corrected chi connectivity index (χ2v) is 5.73. The normalized spacial score (nSPS) is 11.0. The van der Waals surface area contributed by atoms with Crippen LogP contribution in [0.3, 0.4) is 0 Å². The second-order valence-electron chi connectivity index (χ2n) is 5.73. The van der Waals surface area contributed by atoms with Crippen LogP contribution < -0.4 is 10.1 Å². The highest BCUT2D eigenvalue weighted by molar-refractivity contribution is 5.38. The van der Waals surface area contributed by atoms with Gasteiger partial charge < -0.3 is 10.1 Å². The predicted octanol–water partition coefficient (Wildman–Crippen LogP) is 4.73. The summed E-state index contributed by atoms with van der Waals surface area (Å²) in [6.45, 7) is 8.77. The SMILES string of the molecule is Cc1cc(C)cc(Oc2ccc(CNC(C)C)cc2F)c1. The maximum absolute atomic E-state index is 14.1. The van der Waals surface area contributed by atoms with Gasteiger partial charge >= 0.3 is 0 Å². The molecule has 0 aliphatic rings. The van der Waals surface area contributed by atoms with Crippen molar-refractivity contribution in [2.24, 2.45) is 0 Å². The molecule has 0 saturated heterocycles. The molecule has 0 unspecified atom stereocenters. The molecule has 0 heterocycles. The molecule has 0 fully saturated rings. The predicted molar refractivity (Wildman–Crippen MR) is 84.4 cm³/mol. The van der Waals surface area contributed by atoms with Crippen molar-refractivity contribution in [1.82, 2.24) is 5.32 Å². The van der Waals surface area contributed by atoms with E-state index in [1.54, 1.807) is 6.07 Å². The van der Waals surface area contributed by atoms with Crippen molar-refractivity contribution < 1.29 is 9.13 Å². The highest BCUT2D eigenvalue weighted by Crippen LogP contribution is 2.26. The molecule has 2 aromatic rings. The molecule has 0 radical (unpaired) electrons. The van der Waals surface area contributed by atoms with Gasteiger partial charge in [0.1, 0.15) is 5.75 Å². The van der Waals surface area contributed by atoms with E-state index in [0.29, 0.717) is 18.3 Å². The lowest BCUT2D eigenvalue weighted by atomic mass is 10.1. The maximum atomic E-state index is 14.1. The van der Waals surface area contributed by atoms with Gasteiger partial charge in [0, 0.05) is 12.6 Å². The minimum atomic E-state index is -0.336. The van der Waals surface area contributed by atoms with Crippen LogP contribution in [0.5, 0.6) is 11.5 Å². The van der Waals surface area contributed by atoms with E-state index in [0.717, 1.165) is 16.7 Å². The minimum absolute atomic E-state index is 0.258. The summed E-state index contributed by atoms with van der Waals surface area (Å²) in [5, 5.41) is 3.27. The average Bonchev–Trinajstić information content (AvgIpc) is 2.38. The first-order chi connectivity index (χ1) is 9.94. The van der Waals surface area contributed by atoms with Crippen LogP contribution in [0.2, 0.25) is 0 Å². The highest BCUT2D eigenvalue weighted by Gasteiger charge is 2.07. The van der Waals surface area contributed by atoms with Crippen LogP contribution in [-0.4, -0.2) is 6.04 Å².